The van der Waals surface area contributed by atoms with Gasteiger partial charge in [0.15, 0.2) is 0 Å². The highest BCUT2D eigenvalue weighted by molar-refractivity contribution is 5.21. The Morgan fingerprint density at radius 3 is 2.61 bits per heavy atom. The zero-order valence-corrected chi connectivity index (χ0v) is 11.5. The first kappa shape index (κ1) is 13.5. The molecule has 1 N–H and O–H groups in total. The van der Waals surface area contributed by atoms with Gasteiger partial charge in [-0.25, -0.2) is 4.39 Å². The van der Waals surface area contributed by atoms with Gasteiger partial charge in [-0.3, -0.25) is 0 Å². The lowest BCUT2D eigenvalue weighted by atomic mass is 10.0. The Labute approximate surface area is 109 Å². The molecule has 1 aliphatic rings. The summed E-state index contributed by atoms with van der Waals surface area (Å²) in [6.45, 7) is 3.11. The Hall–Kier alpha value is -0.930. The van der Waals surface area contributed by atoms with Gasteiger partial charge in [0.1, 0.15) is 5.82 Å². The van der Waals surface area contributed by atoms with Crippen molar-refractivity contribution in [2.24, 2.45) is 5.92 Å². The molecule has 2 atom stereocenters. The molecule has 1 aromatic carbocycles. The molecule has 1 aliphatic carbocycles. The molecule has 3 heteroatoms. The third-order valence-electron chi connectivity index (χ3n) is 4.10. The second-order valence-electron chi connectivity index (χ2n) is 5.38. The van der Waals surface area contributed by atoms with Crippen molar-refractivity contribution in [3.05, 3.63) is 35.6 Å². The molecule has 100 valence electrons. The third-order valence-corrected chi connectivity index (χ3v) is 4.10. The Kier molecular flexibility index (Phi) is 4.36. The summed E-state index contributed by atoms with van der Waals surface area (Å²) in [5.74, 6) is 0.720. The topological polar surface area (TPSA) is 15.3 Å². The van der Waals surface area contributed by atoms with Gasteiger partial charge in [0.25, 0.3) is 0 Å². The first-order valence-electron chi connectivity index (χ1n) is 6.75. The molecule has 2 nitrogen and oxygen atoms in total. The lowest BCUT2D eigenvalue weighted by Crippen LogP contribution is -2.38. The predicted molar refractivity (Wildman–Crippen MR) is 73.0 cm³/mol. The van der Waals surface area contributed by atoms with Crippen molar-refractivity contribution in [3.8, 4) is 0 Å². The summed E-state index contributed by atoms with van der Waals surface area (Å²) in [4.78, 5) is 2.34. The summed E-state index contributed by atoms with van der Waals surface area (Å²) < 4.78 is 13.8. The number of hydrogen-bond donors (Lipinski definition) is 1. The Morgan fingerprint density at radius 2 is 2.06 bits per heavy atom. The van der Waals surface area contributed by atoms with E-state index in [0.29, 0.717) is 6.04 Å². The molecule has 18 heavy (non-hydrogen) atoms. The van der Waals surface area contributed by atoms with Gasteiger partial charge in [-0.05, 0) is 45.8 Å². The van der Waals surface area contributed by atoms with Crippen LogP contribution in [0.2, 0.25) is 0 Å². The second kappa shape index (κ2) is 5.81. The van der Waals surface area contributed by atoms with Gasteiger partial charge in [0.05, 0.1) is 0 Å². The van der Waals surface area contributed by atoms with Gasteiger partial charge < -0.3 is 10.2 Å². The minimum absolute atomic E-state index is 0.0531. The maximum atomic E-state index is 13.8. The van der Waals surface area contributed by atoms with Crippen LogP contribution in [-0.4, -0.2) is 31.6 Å². The van der Waals surface area contributed by atoms with Crippen LogP contribution >= 0.6 is 0 Å². The number of benzene rings is 1. The molecule has 1 fully saturated rings. The van der Waals surface area contributed by atoms with Crippen LogP contribution in [0.25, 0.3) is 0 Å². The molecule has 0 saturated heterocycles. The quantitative estimate of drug-likeness (QED) is 0.835. The number of likely N-dealkylation sites (N-methyl/N-ethyl adjacent to an activating group) is 2. The van der Waals surface area contributed by atoms with Crippen LogP contribution in [0.5, 0.6) is 0 Å². The van der Waals surface area contributed by atoms with E-state index in [4.69, 9.17) is 0 Å². The van der Waals surface area contributed by atoms with E-state index in [1.54, 1.807) is 6.07 Å². The van der Waals surface area contributed by atoms with Crippen LogP contribution in [0.1, 0.15) is 31.4 Å². The average Bonchev–Trinajstić information content (AvgIpc) is 3.20. The maximum Gasteiger partial charge on any atom is 0.128 e. The van der Waals surface area contributed by atoms with E-state index < -0.39 is 0 Å². The van der Waals surface area contributed by atoms with Gasteiger partial charge in [0.2, 0.25) is 0 Å². The van der Waals surface area contributed by atoms with E-state index in [1.807, 2.05) is 19.2 Å². The van der Waals surface area contributed by atoms with E-state index in [2.05, 4.69) is 24.2 Å². The molecule has 0 aromatic heterocycles. The Morgan fingerprint density at radius 1 is 1.39 bits per heavy atom. The standard InChI is InChI=1S/C15H23FN2/c1-11(12-8-9-12)18(3)10-15(17-2)13-6-4-5-7-14(13)16/h4-7,11-12,15,17H,8-10H2,1-3H3. The molecule has 0 heterocycles. The molecule has 2 unspecified atom stereocenters. The number of hydrogen-bond acceptors (Lipinski definition) is 2. The van der Waals surface area contributed by atoms with Gasteiger partial charge in [-0.1, -0.05) is 18.2 Å². The molecule has 0 spiro atoms. The number of rotatable bonds is 6. The summed E-state index contributed by atoms with van der Waals surface area (Å²) in [5, 5.41) is 3.22. The summed E-state index contributed by atoms with van der Waals surface area (Å²) in [5.41, 5.74) is 0.759. The fourth-order valence-electron chi connectivity index (χ4n) is 2.50. The smallest absolute Gasteiger partial charge is 0.128 e. The lowest BCUT2D eigenvalue weighted by molar-refractivity contribution is 0.211. The van der Waals surface area contributed by atoms with Crippen molar-refractivity contribution >= 4 is 0 Å². The first-order valence-corrected chi connectivity index (χ1v) is 6.75. The largest absolute Gasteiger partial charge is 0.312 e. The van der Waals surface area contributed by atoms with Crippen LogP contribution < -0.4 is 5.32 Å². The molecule has 0 amide bonds. The summed E-state index contributed by atoms with van der Waals surface area (Å²) >= 11 is 0. The van der Waals surface area contributed by atoms with Crippen LogP contribution in [0.15, 0.2) is 24.3 Å². The van der Waals surface area contributed by atoms with Crippen molar-refractivity contribution < 1.29 is 4.39 Å². The van der Waals surface area contributed by atoms with Crippen molar-refractivity contribution in [3.63, 3.8) is 0 Å². The maximum absolute atomic E-state index is 13.8. The average molecular weight is 250 g/mol. The SMILES string of the molecule is CNC(CN(C)C(C)C1CC1)c1ccccc1F. The number of nitrogens with zero attached hydrogens (tertiary/aromatic N) is 1. The fraction of sp³-hybridized carbons (Fsp3) is 0.600. The van der Waals surface area contributed by atoms with E-state index in [9.17, 15) is 4.39 Å². The molecule has 1 saturated carbocycles. The van der Waals surface area contributed by atoms with Gasteiger partial charge in [-0.15, -0.1) is 0 Å². The second-order valence-corrected chi connectivity index (χ2v) is 5.38. The highest BCUT2D eigenvalue weighted by Crippen LogP contribution is 2.35. The van der Waals surface area contributed by atoms with Crippen molar-refractivity contribution in [2.45, 2.75) is 31.8 Å². The van der Waals surface area contributed by atoms with Crippen LogP contribution in [0.3, 0.4) is 0 Å². The molecule has 1 aromatic rings. The van der Waals surface area contributed by atoms with Crippen LogP contribution in [-0.2, 0) is 0 Å². The minimum Gasteiger partial charge on any atom is -0.312 e. The fourth-order valence-corrected chi connectivity index (χ4v) is 2.50. The van der Waals surface area contributed by atoms with Crippen LogP contribution in [0.4, 0.5) is 4.39 Å². The number of halogens is 1. The zero-order valence-electron chi connectivity index (χ0n) is 11.5. The van der Waals surface area contributed by atoms with E-state index in [1.165, 1.54) is 18.9 Å². The molecule has 0 radical (unpaired) electrons. The highest BCUT2D eigenvalue weighted by atomic mass is 19.1. The molecule has 2 rings (SSSR count). The third kappa shape index (κ3) is 3.09. The summed E-state index contributed by atoms with van der Waals surface area (Å²) in [7, 11) is 4.03. The van der Waals surface area contributed by atoms with Crippen molar-refractivity contribution in [1.82, 2.24) is 10.2 Å². The van der Waals surface area contributed by atoms with Crippen molar-refractivity contribution in [1.29, 1.82) is 0 Å². The van der Waals surface area contributed by atoms with Gasteiger partial charge >= 0.3 is 0 Å². The first-order chi connectivity index (χ1) is 8.63. The lowest BCUT2D eigenvalue weighted by Gasteiger charge is -2.29. The molecular formula is C15H23FN2. The molecule has 0 aliphatic heterocycles. The Bertz CT molecular complexity index is 390. The summed E-state index contributed by atoms with van der Waals surface area (Å²) in [6.07, 6.45) is 2.69. The van der Waals surface area contributed by atoms with E-state index in [0.717, 1.165) is 18.0 Å². The monoisotopic (exact) mass is 250 g/mol. The zero-order chi connectivity index (χ0) is 13.1. The number of nitrogens with one attached hydrogen (secondary N) is 1. The molecule has 0 bridgehead atoms. The Balaban J connectivity index is 2.02. The summed E-state index contributed by atoms with van der Waals surface area (Å²) in [6, 6.07) is 7.68. The molecular weight excluding hydrogens is 227 g/mol. The minimum atomic E-state index is -0.121. The van der Waals surface area contributed by atoms with Gasteiger partial charge in [-0.2, -0.15) is 0 Å². The van der Waals surface area contributed by atoms with E-state index in [-0.39, 0.29) is 11.9 Å². The van der Waals surface area contributed by atoms with Gasteiger partial charge in [0, 0.05) is 24.2 Å². The van der Waals surface area contributed by atoms with E-state index >= 15 is 0 Å². The predicted octanol–water partition coefficient (Wildman–Crippen LogP) is 2.82. The highest BCUT2D eigenvalue weighted by Gasteiger charge is 2.31. The van der Waals surface area contributed by atoms with Crippen molar-refractivity contribution in [2.75, 3.05) is 20.6 Å². The van der Waals surface area contributed by atoms with Crippen LogP contribution in [0, 0.1) is 11.7 Å². The normalized spacial score (nSPS) is 18.9.